The maximum absolute atomic E-state index is 9.69. The third-order valence-corrected chi connectivity index (χ3v) is 3.08. The van der Waals surface area contributed by atoms with E-state index in [1.54, 1.807) is 0 Å². The highest BCUT2D eigenvalue weighted by molar-refractivity contribution is 6.11. The second-order valence-corrected chi connectivity index (χ2v) is 4.14. The quantitative estimate of drug-likeness (QED) is 0.472. The standard InChI is InChI=1S/C16H12O/c1-11(17)14-8-4-6-13-10-9-12-5-2-3-7-15(12)16(13)14/h2-10,17H,1H2. The van der Waals surface area contributed by atoms with Gasteiger partial charge in [0.2, 0.25) is 0 Å². The van der Waals surface area contributed by atoms with Crippen LogP contribution in [0, 0.1) is 0 Å². The normalized spacial score (nSPS) is 10.8. The first-order chi connectivity index (χ1) is 8.27. The first kappa shape index (κ1) is 9.91. The average Bonchev–Trinajstić information content (AvgIpc) is 2.37. The highest BCUT2D eigenvalue weighted by Gasteiger charge is 2.06. The van der Waals surface area contributed by atoms with Gasteiger partial charge in [0.1, 0.15) is 5.76 Å². The predicted molar refractivity (Wildman–Crippen MR) is 73.1 cm³/mol. The zero-order valence-corrected chi connectivity index (χ0v) is 9.35. The molecule has 0 heterocycles. The van der Waals surface area contributed by atoms with E-state index in [0.717, 1.165) is 21.7 Å². The van der Waals surface area contributed by atoms with E-state index in [2.05, 4.69) is 30.8 Å². The van der Waals surface area contributed by atoms with E-state index in [1.165, 1.54) is 5.39 Å². The van der Waals surface area contributed by atoms with Crippen molar-refractivity contribution < 1.29 is 5.11 Å². The molecule has 3 rings (SSSR count). The van der Waals surface area contributed by atoms with Crippen molar-refractivity contribution in [1.29, 1.82) is 0 Å². The van der Waals surface area contributed by atoms with E-state index < -0.39 is 0 Å². The second kappa shape index (κ2) is 3.63. The topological polar surface area (TPSA) is 20.2 Å². The minimum Gasteiger partial charge on any atom is -0.508 e. The monoisotopic (exact) mass is 220 g/mol. The molecule has 0 saturated carbocycles. The molecule has 0 atom stereocenters. The molecule has 0 aliphatic heterocycles. The lowest BCUT2D eigenvalue weighted by Gasteiger charge is -2.08. The van der Waals surface area contributed by atoms with Crippen molar-refractivity contribution in [2.75, 3.05) is 0 Å². The first-order valence-electron chi connectivity index (χ1n) is 5.56. The highest BCUT2D eigenvalue weighted by atomic mass is 16.3. The van der Waals surface area contributed by atoms with Crippen LogP contribution in [0.5, 0.6) is 0 Å². The van der Waals surface area contributed by atoms with Crippen molar-refractivity contribution >= 4 is 27.3 Å². The fourth-order valence-corrected chi connectivity index (χ4v) is 2.30. The smallest absolute Gasteiger partial charge is 0.116 e. The summed E-state index contributed by atoms with van der Waals surface area (Å²) in [4.78, 5) is 0. The summed E-state index contributed by atoms with van der Waals surface area (Å²) in [6.45, 7) is 3.64. The van der Waals surface area contributed by atoms with Crippen LogP contribution in [0.1, 0.15) is 5.56 Å². The fraction of sp³-hybridized carbons (Fsp3) is 0. The van der Waals surface area contributed by atoms with Crippen molar-refractivity contribution in [2.24, 2.45) is 0 Å². The number of hydrogen-bond acceptors (Lipinski definition) is 1. The van der Waals surface area contributed by atoms with Crippen LogP contribution in [0.4, 0.5) is 0 Å². The van der Waals surface area contributed by atoms with E-state index in [4.69, 9.17) is 0 Å². The Morgan fingerprint density at radius 1 is 0.824 bits per heavy atom. The van der Waals surface area contributed by atoms with Crippen LogP contribution >= 0.6 is 0 Å². The van der Waals surface area contributed by atoms with Gasteiger partial charge in [-0.3, -0.25) is 0 Å². The molecule has 0 unspecified atom stereocenters. The number of benzene rings is 3. The SMILES string of the molecule is C=C(O)c1cccc2ccc3ccccc3c12. The van der Waals surface area contributed by atoms with Crippen molar-refractivity contribution in [3.05, 3.63) is 66.7 Å². The third-order valence-electron chi connectivity index (χ3n) is 3.08. The largest absolute Gasteiger partial charge is 0.508 e. The molecule has 82 valence electrons. The molecule has 0 aliphatic rings. The number of fused-ring (bicyclic) bond motifs is 3. The van der Waals surface area contributed by atoms with Crippen molar-refractivity contribution in [3.63, 3.8) is 0 Å². The molecule has 1 nitrogen and oxygen atoms in total. The lowest BCUT2D eigenvalue weighted by molar-refractivity contribution is 0.515. The van der Waals surface area contributed by atoms with Gasteiger partial charge in [-0.15, -0.1) is 0 Å². The number of aliphatic hydroxyl groups excluding tert-OH is 1. The Balaban J connectivity index is 2.59. The van der Waals surface area contributed by atoms with Gasteiger partial charge in [0.15, 0.2) is 0 Å². The summed E-state index contributed by atoms with van der Waals surface area (Å²) < 4.78 is 0. The predicted octanol–water partition coefficient (Wildman–Crippen LogP) is 4.52. The van der Waals surface area contributed by atoms with Crippen molar-refractivity contribution in [1.82, 2.24) is 0 Å². The van der Waals surface area contributed by atoms with E-state index in [0.29, 0.717) is 0 Å². The van der Waals surface area contributed by atoms with E-state index in [1.807, 2.05) is 30.3 Å². The molecule has 0 fully saturated rings. The molecule has 0 aromatic heterocycles. The molecule has 1 heteroatoms. The van der Waals surface area contributed by atoms with Gasteiger partial charge in [0.05, 0.1) is 0 Å². The minimum atomic E-state index is 0.118. The zero-order chi connectivity index (χ0) is 11.8. The first-order valence-corrected chi connectivity index (χ1v) is 5.56. The molecule has 0 bridgehead atoms. The Bertz CT molecular complexity index is 726. The summed E-state index contributed by atoms with van der Waals surface area (Å²) in [5, 5.41) is 14.2. The maximum atomic E-state index is 9.69. The molecule has 0 spiro atoms. The number of rotatable bonds is 1. The van der Waals surface area contributed by atoms with Gasteiger partial charge in [0, 0.05) is 10.9 Å². The molecule has 0 amide bonds. The minimum absolute atomic E-state index is 0.118. The van der Waals surface area contributed by atoms with Gasteiger partial charge in [0.25, 0.3) is 0 Å². The molecule has 0 aliphatic carbocycles. The van der Waals surface area contributed by atoms with Crippen LogP contribution in [0.2, 0.25) is 0 Å². The Labute approximate surface area is 99.6 Å². The summed E-state index contributed by atoms with van der Waals surface area (Å²) >= 11 is 0. The van der Waals surface area contributed by atoms with Crippen LogP contribution < -0.4 is 0 Å². The van der Waals surface area contributed by atoms with Gasteiger partial charge in [-0.1, -0.05) is 61.2 Å². The van der Waals surface area contributed by atoms with Gasteiger partial charge >= 0.3 is 0 Å². The Hall–Kier alpha value is -2.28. The van der Waals surface area contributed by atoms with E-state index in [-0.39, 0.29) is 5.76 Å². The Morgan fingerprint density at radius 2 is 1.53 bits per heavy atom. The summed E-state index contributed by atoms with van der Waals surface area (Å²) in [5.74, 6) is 0.118. The second-order valence-electron chi connectivity index (χ2n) is 4.14. The summed E-state index contributed by atoms with van der Waals surface area (Å²) in [6, 6.07) is 18.2. The Morgan fingerprint density at radius 3 is 2.35 bits per heavy atom. The fourth-order valence-electron chi connectivity index (χ4n) is 2.30. The van der Waals surface area contributed by atoms with Crippen LogP contribution in [0.3, 0.4) is 0 Å². The molecule has 17 heavy (non-hydrogen) atoms. The van der Waals surface area contributed by atoms with Crippen LogP contribution in [-0.4, -0.2) is 5.11 Å². The van der Waals surface area contributed by atoms with Gasteiger partial charge < -0.3 is 5.11 Å². The van der Waals surface area contributed by atoms with E-state index in [9.17, 15) is 5.11 Å². The molecule has 3 aromatic carbocycles. The van der Waals surface area contributed by atoms with Crippen LogP contribution in [0.15, 0.2) is 61.2 Å². The highest BCUT2D eigenvalue weighted by Crippen LogP contribution is 2.30. The maximum Gasteiger partial charge on any atom is 0.116 e. The molecular formula is C16H12O. The molecule has 0 saturated heterocycles. The molecular weight excluding hydrogens is 208 g/mol. The van der Waals surface area contributed by atoms with Gasteiger partial charge in [-0.2, -0.15) is 0 Å². The summed E-state index contributed by atoms with van der Waals surface area (Å²) in [7, 11) is 0. The number of hydrogen-bond donors (Lipinski definition) is 1. The summed E-state index contributed by atoms with van der Waals surface area (Å²) in [6.07, 6.45) is 0. The van der Waals surface area contributed by atoms with E-state index >= 15 is 0 Å². The number of aliphatic hydroxyl groups is 1. The third kappa shape index (κ3) is 1.48. The Kier molecular flexibility index (Phi) is 2.12. The molecule has 1 N–H and O–H groups in total. The average molecular weight is 220 g/mol. The molecule has 0 radical (unpaired) electrons. The van der Waals surface area contributed by atoms with Gasteiger partial charge in [-0.05, 0) is 16.2 Å². The van der Waals surface area contributed by atoms with Crippen molar-refractivity contribution in [2.45, 2.75) is 0 Å². The lowest BCUT2D eigenvalue weighted by Crippen LogP contribution is -1.85. The zero-order valence-electron chi connectivity index (χ0n) is 9.35. The van der Waals surface area contributed by atoms with Gasteiger partial charge in [-0.25, -0.2) is 0 Å². The lowest BCUT2D eigenvalue weighted by atomic mass is 9.97. The van der Waals surface area contributed by atoms with Crippen LogP contribution in [-0.2, 0) is 0 Å². The van der Waals surface area contributed by atoms with Crippen LogP contribution in [0.25, 0.3) is 27.3 Å². The summed E-state index contributed by atoms with van der Waals surface area (Å²) in [5.41, 5.74) is 0.805. The van der Waals surface area contributed by atoms with Crippen molar-refractivity contribution in [3.8, 4) is 0 Å². The molecule has 3 aromatic rings.